The smallest absolute Gasteiger partial charge is 0.237 e. The summed E-state index contributed by atoms with van der Waals surface area (Å²) in [5, 5.41) is 2.91. The van der Waals surface area contributed by atoms with Gasteiger partial charge in [-0.05, 0) is 43.5 Å². The van der Waals surface area contributed by atoms with Crippen LogP contribution in [0.5, 0.6) is 0 Å². The molecule has 0 aromatic heterocycles. The van der Waals surface area contributed by atoms with Crippen molar-refractivity contribution < 1.29 is 4.79 Å². The Morgan fingerprint density at radius 1 is 1.42 bits per heavy atom. The summed E-state index contributed by atoms with van der Waals surface area (Å²) in [4.78, 5) is 12.7. The lowest BCUT2D eigenvalue weighted by molar-refractivity contribution is -0.122. The van der Waals surface area contributed by atoms with Gasteiger partial charge in [-0.2, -0.15) is 0 Å². The van der Waals surface area contributed by atoms with Gasteiger partial charge < -0.3 is 11.1 Å². The molecule has 0 aliphatic rings. The van der Waals surface area contributed by atoms with Crippen LogP contribution in [0.1, 0.15) is 32.3 Å². The molecule has 0 saturated heterocycles. The number of nitrogens with two attached hydrogens (primary N) is 1. The number of carbonyl (C=O) groups excluding carboxylic acids is 1. The van der Waals surface area contributed by atoms with E-state index in [0.717, 1.165) is 15.7 Å². The van der Waals surface area contributed by atoms with Crippen LogP contribution in [0.25, 0.3) is 0 Å². The van der Waals surface area contributed by atoms with E-state index >= 15 is 0 Å². The average Bonchev–Trinajstić information content (AvgIpc) is 2.35. The molecule has 104 valence electrons. The molecule has 1 amide bonds. The zero-order valence-corrected chi connectivity index (χ0v) is 13.8. The predicted molar refractivity (Wildman–Crippen MR) is 87.3 cm³/mol. The molecule has 0 aliphatic heterocycles. The van der Waals surface area contributed by atoms with Crippen LogP contribution in [0.2, 0.25) is 0 Å². The van der Waals surface area contributed by atoms with Crippen LogP contribution in [0.3, 0.4) is 0 Å². The van der Waals surface area contributed by atoms with E-state index in [9.17, 15) is 4.79 Å². The lowest BCUT2D eigenvalue weighted by Crippen LogP contribution is -2.45. The van der Waals surface area contributed by atoms with E-state index in [1.807, 2.05) is 39.0 Å². The summed E-state index contributed by atoms with van der Waals surface area (Å²) < 4.78 is 1.01. The van der Waals surface area contributed by atoms with Gasteiger partial charge >= 0.3 is 0 Å². The zero-order valence-electron chi connectivity index (χ0n) is 11.4. The van der Waals surface area contributed by atoms with Crippen LogP contribution in [0, 0.1) is 12.3 Å². The average molecular weight is 343 g/mol. The highest BCUT2D eigenvalue weighted by atomic mass is 79.9. The number of anilines is 1. The third-order valence-corrected chi connectivity index (χ3v) is 4.81. The molecule has 1 aromatic rings. The van der Waals surface area contributed by atoms with Crippen molar-refractivity contribution in [3.05, 3.63) is 28.2 Å². The van der Waals surface area contributed by atoms with Gasteiger partial charge in [-0.25, -0.2) is 0 Å². The molecule has 3 N–H and O–H groups in total. The summed E-state index contributed by atoms with van der Waals surface area (Å²) in [7, 11) is 0. The number of amides is 1. The van der Waals surface area contributed by atoms with E-state index in [-0.39, 0.29) is 10.9 Å². The van der Waals surface area contributed by atoms with Crippen molar-refractivity contribution in [2.45, 2.75) is 33.6 Å². The van der Waals surface area contributed by atoms with Crippen LogP contribution in [-0.4, -0.2) is 10.9 Å². The second-order valence-corrected chi connectivity index (χ2v) is 5.87. The van der Waals surface area contributed by atoms with Crippen molar-refractivity contribution in [2.75, 3.05) is 5.32 Å². The highest BCUT2D eigenvalue weighted by molar-refractivity contribution is 9.10. The highest BCUT2D eigenvalue weighted by Gasteiger charge is 2.38. The first-order valence-electron chi connectivity index (χ1n) is 6.25. The molecule has 3 nitrogen and oxygen atoms in total. The second kappa shape index (κ2) is 6.48. The number of hydrogen-bond donors (Lipinski definition) is 2. The standard InChI is InChI=1S/C14H19BrN2OS/c1-4-14(5-2,12(16)19)13(18)17-10-6-7-11(15)9(3)8-10/h6-8H,4-5H2,1-3H3,(H2,16,19)(H,17,18). The molecule has 0 bridgehead atoms. The molecule has 0 aliphatic carbocycles. The normalized spacial score (nSPS) is 11.2. The molecule has 0 radical (unpaired) electrons. The number of rotatable bonds is 5. The Hall–Kier alpha value is -0.940. The number of carbonyl (C=O) groups is 1. The number of nitrogens with one attached hydrogen (secondary N) is 1. The minimum Gasteiger partial charge on any atom is -0.392 e. The lowest BCUT2D eigenvalue weighted by atomic mass is 9.81. The van der Waals surface area contributed by atoms with Crippen molar-refractivity contribution >= 4 is 44.7 Å². The van der Waals surface area contributed by atoms with Crippen molar-refractivity contribution in [3.63, 3.8) is 0 Å². The Bertz CT molecular complexity index is 498. The molecule has 1 aromatic carbocycles. The van der Waals surface area contributed by atoms with Gasteiger partial charge in [0.25, 0.3) is 0 Å². The van der Waals surface area contributed by atoms with Crippen molar-refractivity contribution in [1.29, 1.82) is 0 Å². The van der Waals surface area contributed by atoms with Crippen LogP contribution in [0.15, 0.2) is 22.7 Å². The maximum Gasteiger partial charge on any atom is 0.237 e. The molecule has 0 atom stereocenters. The quantitative estimate of drug-likeness (QED) is 0.800. The number of benzene rings is 1. The molecule has 0 saturated carbocycles. The minimum atomic E-state index is -0.768. The minimum absolute atomic E-state index is 0.133. The SMILES string of the molecule is CCC(CC)(C(=O)Nc1ccc(Br)c(C)c1)C(N)=S. The molecule has 5 heteroatoms. The van der Waals surface area contributed by atoms with Gasteiger partial charge in [-0.3, -0.25) is 4.79 Å². The Morgan fingerprint density at radius 2 is 2.00 bits per heavy atom. The molecular formula is C14H19BrN2OS. The largest absolute Gasteiger partial charge is 0.392 e. The molecular weight excluding hydrogens is 324 g/mol. The third-order valence-electron chi connectivity index (χ3n) is 3.53. The summed E-state index contributed by atoms with van der Waals surface area (Å²) >= 11 is 8.51. The van der Waals surface area contributed by atoms with Crippen LogP contribution < -0.4 is 11.1 Å². The maximum absolute atomic E-state index is 12.4. The number of aryl methyl sites for hydroxylation is 1. The van der Waals surface area contributed by atoms with Gasteiger partial charge in [-0.15, -0.1) is 0 Å². The molecule has 0 spiro atoms. The molecule has 19 heavy (non-hydrogen) atoms. The summed E-state index contributed by atoms with van der Waals surface area (Å²) in [5.74, 6) is -0.133. The van der Waals surface area contributed by atoms with E-state index in [1.54, 1.807) is 0 Å². The van der Waals surface area contributed by atoms with Gasteiger partial charge in [0.1, 0.15) is 0 Å². The Morgan fingerprint density at radius 3 is 2.42 bits per heavy atom. The van der Waals surface area contributed by atoms with Gasteiger partial charge in [0.2, 0.25) is 5.91 Å². The topological polar surface area (TPSA) is 55.1 Å². The van der Waals surface area contributed by atoms with E-state index in [1.165, 1.54) is 0 Å². The fourth-order valence-corrected chi connectivity index (χ4v) is 2.63. The molecule has 0 heterocycles. The maximum atomic E-state index is 12.4. The molecule has 1 rings (SSSR count). The zero-order chi connectivity index (χ0) is 14.6. The predicted octanol–water partition coefficient (Wildman–Crippen LogP) is 3.79. The van der Waals surface area contributed by atoms with E-state index < -0.39 is 5.41 Å². The van der Waals surface area contributed by atoms with E-state index in [4.69, 9.17) is 18.0 Å². The van der Waals surface area contributed by atoms with Gasteiger partial charge in [0, 0.05) is 10.2 Å². The van der Waals surface area contributed by atoms with Crippen LogP contribution in [0.4, 0.5) is 5.69 Å². The number of thiocarbonyl (C=S) groups is 1. The van der Waals surface area contributed by atoms with Crippen LogP contribution >= 0.6 is 28.1 Å². The Kier molecular flexibility index (Phi) is 5.50. The highest BCUT2D eigenvalue weighted by Crippen LogP contribution is 2.29. The third kappa shape index (κ3) is 3.34. The lowest BCUT2D eigenvalue weighted by Gasteiger charge is -2.29. The van der Waals surface area contributed by atoms with Gasteiger partial charge in [0.15, 0.2) is 0 Å². The van der Waals surface area contributed by atoms with Gasteiger partial charge in [0.05, 0.1) is 10.4 Å². The molecule has 0 unspecified atom stereocenters. The summed E-state index contributed by atoms with van der Waals surface area (Å²) in [6.07, 6.45) is 1.19. The summed E-state index contributed by atoms with van der Waals surface area (Å²) in [5.41, 5.74) is 6.82. The monoisotopic (exact) mass is 342 g/mol. The van der Waals surface area contributed by atoms with E-state index in [0.29, 0.717) is 12.8 Å². The van der Waals surface area contributed by atoms with Gasteiger partial charge in [-0.1, -0.05) is 42.0 Å². The Labute approximate surface area is 128 Å². The summed E-state index contributed by atoms with van der Waals surface area (Å²) in [6, 6.07) is 5.67. The first-order valence-corrected chi connectivity index (χ1v) is 7.45. The second-order valence-electron chi connectivity index (χ2n) is 4.57. The van der Waals surface area contributed by atoms with Crippen molar-refractivity contribution in [3.8, 4) is 0 Å². The molecule has 0 fully saturated rings. The summed E-state index contributed by atoms with van der Waals surface area (Å²) in [6.45, 7) is 5.82. The number of halogens is 1. The number of hydrogen-bond acceptors (Lipinski definition) is 2. The first kappa shape index (κ1) is 16.1. The van der Waals surface area contributed by atoms with Crippen molar-refractivity contribution in [1.82, 2.24) is 0 Å². The van der Waals surface area contributed by atoms with Crippen molar-refractivity contribution in [2.24, 2.45) is 11.1 Å². The first-order chi connectivity index (χ1) is 8.87. The fourth-order valence-electron chi connectivity index (χ4n) is 2.00. The van der Waals surface area contributed by atoms with Crippen LogP contribution in [-0.2, 0) is 4.79 Å². The van der Waals surface area contributed by atoms with E-state index in [2.05, 4.69) is 21.2 Å². The Balaban J connectivity index is 3.00. The fraction of sp³-hybridized carbons (Fsp3) is 0.429.